The van der Waals surface area contributed by atoms with Crippen LogP contribution in [0.5, 0.6) is 11.5 Å². The number of aldehydes is 1. The van der Waals surface area contributed by atoms with E-state index in [0.717, 1.165) is 30.3 Å². The van der Waals surface area contributed by atoms with Crippen molar-refractivity contribution in [3.8, 4) is 11.5 Å². The van der Waals surface area contributed by atoms with Crippen LogP contribution in [0.1, 0.15) is 15.9 Å². The summed E-state index contributed by atoms with van der Waals surface area (Å²) >= 11 is 0. The molecule has 0 heterocycles. The minimum Gasteiger partial charge on any atom is -0.454 e. The monoisotopic (exact) mass is 302 g/mol. The summed E-state index contributed by atoms with van der Waals surface area (Å²) in [4.78, 5) is 10.5. The minimum absolute atomic E-state index is 0.214. The largest absolute Gasteiger partial charge is 0.454 e. The normalized spacial score (nSPS) is 11.3. The van der Waals surface area contributed by atoms with Gasteiger partial charge < -0.3 is 4.74 Å². The summed E-state index contributed by atoms with van der Waals surface area (Å²) in [6.07, 6.45) is -4.57. The predicted octanol–water partition coefficient (Wildman–Crippen LogP) is 4.59. The van der Waals surface area contributed by atoms with Crippen LogP contribution in [0.2, 0.25) is 0 Å². The Bertz CT molecular complexity index is 680. The van der Waals surface area contributed by atoms with Gasteiger partial charge in [-0.25, -0.2) is 4.39 Å². The number of carbonyl (C=O) groups is 1. The second kappa shape index (κ2) is 5.51. The average molecular weight is 302 g/mol. The lowest BCUT2D eigenvalue weighted by atomic mass is 10.1. The smallest absolute Gasteiger partial charge is 0.420 e. The zero-order valence-corrected chi connectivity index (χ0v) is 10.2. The molecular weight excluding hydrogens is 295 g/mol. The number of halogens is 5. The first-order chi connectivity index (χ1) is 9.82. The Kier molecular flexibility index (Phi) is 3.93. The molecule has 0 atom stereocenters. The molecule has 0 saturated heterocycles. The molecule has 0 spiro atoms. The van der Waals surface area contributed by atoms with E-state index in [9.17, 15) is 26.7 Å². The van der Waals surface area contributed by atoms with Crippen molar-refractivity contribution in [2.45, 2.75) is 6.18 Å². The maximum absolute atomic E-state index is 13.4. The van der Waals surface area contributed by atoms with E-state index >= 15 is 0 Å². The maximum atomic E-state index is 13.4. The highest BCUT2D eigenvalue weighted by atomic mass is 19.4. The lowest BCUT2D eigenvalue weighted by Gasteiger charge is -2.14. The first-order valence-electron chi connectivity index (χ1n) is 5.61. The van der Waals surface area contributed by atoms with Crippen LogP contribution in [-0.2, 0) is 6.18 Å². The van der Waals surface area contributed by atoms with Gasteiger partial charge in [-0.05, 0) is 30.3 Å². The summed E-state index contributed by atoms with van der Waals surface area (Å²) in [5.74, 6) is -4.05. The molecule has 110 valence electrons. The molecule has 0 aromatic heterocycles. The second-order valence-corrected chi connectivity index (χ2v) is 4.03. The number of alkyl halides is 3. The highest BCUT2D eigenvalue weighted by Crippen LogP contribution is 2.39. The number of hydrogen-bond acceptors (Lipinski definition) is 2. The predicted molar refractivity (Wildman–Crippen MR) is 63.3 cm³/mol. The fourth-order valence-electron chi connectivity index (χ4n) is 1.61. The summed E-state index contributed by atoms with van der Waals surface area (Å²) in [5, 5.41) is 0. The van der Waals surface area contributed by atoms with Gasteiger partial charge in [-0.1, -0.05) is 6.07 Å². The van der Waals surface area contributed by atoms with Crippen molar-refractivity contribution in [2.75, 3.05) is 0 Å². The van der Waals surface area contributed by atoms with Crippen molar-refractivity contribution < 1.29 is 31.5 Å². The van der Waals surface area contributed by atoms with Gasteiger partial charge in [-0.3, -0.25) is 4.79 Å². The Morgan fingerprint density at radius 3 is 2.33 bits per heavy atom. The molecule has 2 aromatic carbocycles. The van der Waals surface area contributed by atoms with Crippen LogP contribution in [0.3, 0.4) is 0 Å². The third-order valence-electron chi connectivity index (χ3n) is 2.58. The molecule has 0 bridgehead atoms. The van der Waals surface area contributed by atoms with E-state index in [1.54, 1.807) is 0 Å². The van der Waals surface area contributed by atoms with Gasteiger partial charge in [0.05, 0.1) is 5.56 Å². The van der Waals surface area contributed by atoms with Gasteiger partial charge in [0.1, 0.15) is 12.0 Å². The van der Waals surface area contributed by atoms with Crippen molar-refractivity contribution in [3.63, 3.8) is 0 Å². The molecule has 2 rings (SSSR count). The summed E-state index contributed by atoms with van der Waals surface area (Å²) in [7, 11) is 0. The van der Waals surface area contributed by atoms with Crippen LogP contribution < -0.4 is 4.74 Å². The molecule has 0 saturated carbocycles. The van der Waals surface area contributed by atoms with Crippen molar-refractivity contribution >= 4 is 6.29 Å². The molecule has 0 radical (unpaired) electrons. The Hall–Kier alpha value is -2.44. The van der Waals surface area contributed by atoms with E-state index in [2.05, 4.69) is 0 Å². The van der Waals surface area contributed by atoms with Gasteiger partial charge in [0.25, 0.3) is 0 Å². The van der Waals surface area contributed by atoms with Crippen molar-refractivity contribution in [2.24, 2.45) is 0 Å². The van der Waals surface area contributed by atoms with Crippen molar-refractivity contribution in [3.05, 3.63) is 59.2 Å². The molecule has 0 aliphatic rings. The third-order valence-corrected chi connectivity index (χ3v) is 2.58. The number of ether oxygens (including phenoxy) is 1. The quantitative estimate of drug-likeness (QED) is 0.612. The van der Waals surface area contributed by atoms with Gasteiger partial charge in [-0.2, -0.15) is 17.6 Å². The standard InChI is InChI=1S/C14H7F5O2/c15-10-2-1-3-12(13(10)16)21-11-5-4-8(7-20)6-9(11)14(17,18)19/h1-7H. The van der Waals surface area contributed by atoms with E-state index < -0.39 is 34.9 Å². The molecule has 21 heavy (non-hydrogen) atoms. The highest BCUT2D eigenvalue weighted by Gasteiger charge is 2.35. The van der Waals surface area contributed by atoms with Crippen LogP contribution in [0, 0.1) is 11.6 Å². The van der Waals surface area contributed by atoms with E-state index in [-0.39, 0.29) is 11.8 Å². The molecule has 0 aliphatic carbocycles. The Morgan fingerprint density at radius 1 is 1.00 bits per heavy atom. The topological polar surface area (TPSA) is 26.3 Å². The molecule has 2 nitrogen and oxygen atoms in total. The Balaban J connectivity index is 2.49. The van der Waals surface area contributed by atoms with Crippen LogP contribution in [0.4, 0.5) is 22.0 Å². The zero-order chi connectivity index (χ0) is 15.6. The van der Waals surface area contributed by atoms with Crippen molar-refractivity contribution in [1.29, 1.82) is 0 Å². The van der Waals surface area contributed by atoms with Crippen LogP contribution >= 0.6 is 0 Å². The van der Waals surface area contributed by atoms with E-state index in [4.69, 9.17) is 4.74 Å². The molecule has 7 heteroatoms. The number of carbonyl (C=O) groups excluding carboxylic acids is 1. The summed E-state index contributed by atoms with van der Waals surface area (Å²) in [6, 6.07) is 5.42. The molecule has 0 amide bonds. The zero-order valence-electron chi connectivity index (χ0n) is 10.2. The SMILES string of the molecule is O=Cc1ccc(Oc2cccc(F)c2F)c(C(F)(F)F)c1. The van der Waals surface area contributed by atoms with Gasteiger partial charge in [-0.15, -0.1) is 0 Å². The lowest BCUT2D eigenvalue weighted by Crippen LogP contribution is -2.08. The number of benzene rings is 2. The van der Waals surface area contributed by atoms with Gasteiger partial charge in [0.2, 0.25) is 5.82 Å². The molecular formula is C14H7F5O2. The Morgan fingerprint density at radius 2 is 1.71 bits per heavy atom. The summed E-state index contributed by atoms with van der Waals surface area (Å²) in [5.41, 5.74) is -1.47. The van der Waals surface area contributed by atoms with Gasteiger partial charge in [0.15, 0.2) is 11.6 Å². The summed E-state index contributed by atoms with van der Waals surface area (Å²) in [6.45, 7) is 0. The fraction of sp³-hybridized carbons (Fsp3) is 0.0714. The third kappa shape index (κ3) is 3.18. The van der Waals surface area contributed by atoms with Crippen molar-refractivity contribution in [1.82, 2.24) is 0 Å². The summed E-state index contributed by atoms with van der Waals surface area (Å²) < 4.78 is 69.9. The molecule has 0 unspecified atom stereocenters. The van der Waals surface area contributed by atoms with Gasteiger partial charge >= 0.3 is 6.18 Å². The fourth-order valence-corrected chi connectivity index (χ4v) is 1.61. The molecule has 0 N–H and O–H groups in total. The van der Waals surface area contributed by atoms with Crippen LogP contribution in [0.15, 0.2) is 36.4 Å². The number of hydrogen-bond donors (Lipinski definition) is 0. The first kappa shape index (κ1) is 15.0. The van der Waals surface area contributed by atoms with Crippen LogP contribution in [0.25, 0.3) is 0 Å². The van der Waals surface area contributed by atoms with E-state index in [1.807, 2.05) is 0 Å². The minimum atomic E-state index is -4.81. The molecule has 2 aromatic rings. The molecule has 0 fully saturated rings. The maximum Gasteiger partial charge on any atom is 0.420 e. The average Bonchev–Trinajstić information content (AvgIpc) is 2.43. The highest BCUT2D eigenvalue weighted by molar-refractivity contribution is 5.75. The molecule has 0 aliphatic heterocycles. The van der Waals surface area contributed by atoms with E-state index in [0.29, 0.717) is 6.07 Å². The van der Waals surface area contributed by atoms with Gasteiger partial charge in [0, 0.05) is 5.56 Å². The Labute approximate surface area is 115 Å². The second-order valence-electron chi connectivity index (χ2n) is 4.03. The van der Waals surface area contributed by atoms with Crippen LogP contribution in [-0.4, -0.2) is 6.29 Å². The first-order valence-corrected chi connectivity index (χ1v) is 5.61. The lowest BCUT2D eigenvalue weighted by molar-refractivity contribution is -0.138. The number of rotatable bonds is 3. The van der Waals surface area contributed by atoms with E-state index in [1.165, 1.54) is 0 Å².